The summed E-state index contributed by atoms with van der Waals surface area (Å²) in [6.07, 6.45) is 8.39. The minimum atomic E-state index is -0.133. The molecule has 2 aliphatic carbocycles. The van der Waals surface area contributed by atoms with Gasteiger partial charge in [0.1, 0.15) is 5.69 Å². The Morgan fingerprint density at radius 2 is 1.78 bits per heavy atom. The summed E-state index contributed by atoms with van der Waals surface area (Å²) in [5.41, 5.74) is 2.76. The summed E-state index contributed by atoms with van der Waals surface area (Å²) in [5.74, 6) is 0.287. The number of amides is 1. The lowest BCUT2D eigenvalue weighted by Crippen LogP contribution is -2.55. The molecule has 0 bridgehead atoms. The average Bonchev–Trinajstić information content (AvgIpc) is 3.30. The molecule has 32 heavy (non-hydrogen) atoms. The van der Waals surface area contributed by atoms with Crippen LogP contribution in [0.25, 0.3) is 10.8 Å². The van der Waals surface area contributed by atoms with Crippen molar-refractivity contribution in [1.82, 2.24) is 20.5 Å². The normalized spacial score (nSPS) is 26.7. The van der Waals surface area contributed by atoms with Crippen molar-refractivity contribution in [1.29, 1.82) is 0 Å². The fourth-order valence-electron chi connectivity index (χ4n) is 5.99. The molecule has 6 rings (SSSR count). The third-order valence-corrected chi connectivity index (χ3v) is 7.62. The average molecular weight is 430 g/mol. The lowest BCUT2D eigenvalue weighted by molar-refractivity contribution is -0.0197. The van der Waals surface area contributed by atoms with Crippen molar-refractivity contribution in [3.63, 3.8) is 0 Å². The predicted octanol–water partition coefficient (Wildman–Crippen LogP) is 3.37. The second kappa shape index (κ2) is 7.43. The first kappa shape index (κ1) is 19.5. The molecule has 1 aromatic carbocycles. The van der Waals surface area contributed by atoms with Crippen molar-refractivity contribution in [2.24, 2.45) is 5.41 Å². The van der Waals surface area contributed by atoms with E-state index in [0.29, 0.717) is 22.4 Å². The van der Waals surface area contributed by atoms with E-state index in [0.717, 1.165) is 55.5 Å². The van der Waals surface area contributed by atoms with Crippen molar-refractivity contribution in [3.05, 3.63) is 64.3 Å². The fraction of sp³-hybridized carbons (Fsp3) is 0.440. The molecule has 2 aromatic heterocycles. The largest absolute Gasteiger partial charge is 0.370 e. The second-order valence-electron chi connectivity index (χ2n) is 9.76. The van der Waals surface area contributed by atoms with Crippen LogP contribution in [0.2, 0.25) is 0 Å². The van der Waals surface area contributed by atoms with Crippen LogP contribution in [0.15, 0.2) is 47.4 Å². The first-order valence-corrected chi connectivity index (χ1v) is 11.6. The Bertz CT molecular complexity index is 1220. The quantitative estimate of drug-likeness (QED) is 0.664. The molecule has 0 unspecified atom stereocenters. The molecule has 3 aromatic rings. The number of benzene rings is 1. The molecule has 1 saturated heterocycles. The van der Waals surface area contributed by atoms with Gasteiger partial charge in [0.05, 0.1) is 23.0 Å². The van der Waals surface area contributed by atoms with Crippen molar-refractivity contribution >= 4 is 22.4 Å². The van der Waals surface area contributed by atoms with Crippen molar-refractivity contribution < 1.29 is 4.79 Å². The molecule has 2 N–H and O–H groups in total. The number of hydrogen-bond acceptors (Lipinski definition) is 5. The Kier molecular flexibility index (Phi) is 4.52. The minimum Gasteiger partial charge on any atom is -0.370 e. The number of carbonyl (C=O) groups excluding carboxylic acids is 1. The number of pyridine rings is 1. The van der Waals surface area contributed by atoms with Crippen molar-refractivity contribution in [3.8, 4) is 0 Å². The van der Waals surface area contributed by atoms with Gasteiger partial charge in [-0.1, -0.05) is 18.2 Å². The molecule has 3 aliphatic rings. The Hall–Kier alpha value is -3.22. The molecular weight excluding hydrogens is 402 g/mol. The van der Waals surface area contributed by atoms with Crippen LogP contribution in [0.4, 0.5) is 5.69 Å². The number of H-pyrrole nitrogens is 1. The zero-order valence-electron chi connectivity index (χ0n) is 18.0. The molecule has 7 heteroatoms. The van der Waals surface area contributed by atoms with Crippen LogP contribution in [0.1, 0.15) is 60.6 Å². The molecule has 3 heterocycles. The van der Waals surface area contributed by atoms with E-state index in [9.17, 15) is 9.59 Å². The van der Waals surface area contributed by atoms with Gasteiger partial charge in [0, 0.05) is 30.4 Å². The second-order valence-corrected chi connectivity index (χ2v) is 9.76. The van der Waals surface area contributed by atoms with Crippen molar-refractivity contribution in [2.45, 2.75) is 50.5 Å². The Morgan fingerprint density at radius 3 is 2.50 bits per heavy atom. The van der Waals surface area contributed by atoms with Gasteiger partial charge >= 0.3 is 0 Å². The van der Waals surface area contributed by atoms with Gasteiger partial charge in [0.25, 0.3) is 11.5 Å². The Labute approximate surface area is 186 Å². The topological polar surface area (TPSA) is 91.0 Å². The van der Waals surface area contributed by atoms with E-state index in [1.54, 1.807) is 0 Å². The van der Waals surface area contributed by atoms with Gasteiger partial charge < -0.3 is 10.2 Å². The lowest BCUT2D eigenvalue weighted by atomic mass is 9.49. The first-order chi connectivity index (χ1) is 15.6. The van der Waals surface area contributed by atoms with E-state index in [-0.39, 0.29) is 17.5 Å². The number of aromatic nitrogens is 3. The molecule has 1 amide bonds. The zero-order valence-corrected chi connectivity index (χ0v) is 18.0. The molecule has 1 aliphatic heterocycles. The minimum absolute atomic E-state index is 0.0815. The highest BCUT2D eigenvalue weighted by Crippen LogP contribution is 2.62. The van der Waals surface area contributed by atoms with Crippen LogP contribution in [-0.2, 0) is 0 Å². The summed E-state index contributed by atoms with van der Waals surface area (Å²) >= 11 is 0. The molecule has 0 radical (unpaired) electrons. The Morgan fingerprint density at radius 1 is 1.03 bits per heavy atom. The van der Waals surface area contributed by atoms with Gasteiger partial charge in [-0.05, 0) is 62.1 Å². The van der Waals surface area contributed by atoms with Crippen molar-refractivity contribution in [2.75, 3.05) is 18.0 Å². The maximum atomic E-state index is 12.6. The van der Waals surface area contributed by atoms with Gasteiger partial charge in [0.15, 0.2) is 0 Å². The number of rotatable bonds is 4. The fourth-order valence-corrected chi connectivity index (χ4v) is 5.99. The molecule has 7 nitrogen and oxygen atoms in total. The summed E-state index contributed by atoms with van der Waals surface area (Å²) in [4.78, 5) is 31.4. The summed E-state index contributed by atoms with van der Waals surface area (Å²) in [7, 11) is 0. The van der Waals surface area contributed by atoms with E-state index in [1.807, 2.05) is 42.6 Å². The van der Waals surface area contributed by atoms with E-state index >= 15 is 0 Å². The third kappa shape index (κ3) is 3.27. The standard InChI is InChI=1S/C25H27N5O2/c31-23-20-6-2-1-5-19(20)22(28-29-23)16-11-25(12-16)13-17(14-25)27-24(32)21-8-7-18(15-26-21)30-9-3-4-10-30/h1-2,5-8,15-17H,3-4,9-14H2,(H,27,32)(H,29,31). The number of anilines is 1. The number of carbonyl (C=O) groups is 1. The smallest absolute Gasteiger partial charge is 0.272 e. The van der Waals surface area contributed by atoms with Gasteiger partial charge in [-0.25, -0.2) is 10.1 Å². The van der Waals surface area contributed by atoms with E-state index in [1.165, 1.54) is 12.8 Å². The maximum Gasteiger partial charge on any atom is 0.272 e. The molecule has 2 saturated carbocycles. The van der Waals surface area contributed by atoms with Crippen LogP contribution in [0.3, 0.4) is 0 Å². The monoisotopic (exact) mass is 429 g/mol. The number of nitrogens with one attached hydrogen (secondary N) is 2. The lowest BCUT2D eigenvalue weighted by Gasteiger charge is -2.57. The van der Waals surface area contributed by atoms with Gasteiger partial charge in [-0.15, -0.1) is 0 Å². The number of aromatic amines is 1. The maximum absolute atomic E-state index is 12.6. The number of fused-ring (bicyclic) bond motifs is 1. The third-order valence-electron chi connectivity index (χ3n) is 7.62. The van der Waals surface area contributed by atoms with Crippen LogP contribution >= 0.6 is 0 Å². The zero-order chi connectivity index (χ0) is 21.7. The summed E-state index contributed by atoms with van der Waals surface area (Å²) in [6, 6.07) is 11.7. The Balaban J connectivity index is 1.05. The molecule has 1 spiro atoms. The van der Waals surface area contributed by atoms with Crippen LogP contribution < -0.4 is 15.8 Å². The highest BCUT2D eigenvalue weighted by molar-refractivity contribution is 5.92. The molecule has 0 atom stereocenters. The van der Waals surface area contributed by atoms with Crippen LogP contribution in [0.5, 0.6) is 0 Å². The van der Waals surface area contributed by atoms with E-state index < -0.39 is 0 Å². The highest BCUT2D eigenvalue weighted by Gasteiger charge is 2.54. The van der Waals surface area contributed by atoms with Gasteiger partial charge in [0.2, 0.25) is 0 Å². The summed E-state index contributed by atoms with van der Waals surface area (Å²) in [6.45, 7) is 2.14. The summed E-state index contributed by atoms with van der Waals surface area (Å²) in [5, 5.41) is 11.9. The van der Waals surface area contributed by atoms with Crippen LogP contribution in [-0.4, -0.2) is 40.2 Å². The number of nitrogens with zero attached hydrogens (tertiary/aromatic N) is 3. The SMILES string of the molecule is O=C(NC1CC2(C1)CC(c1n[nH]c(=O)c3ccccc13)C2)c1ccc(N2CCCC2)cn1. The first-order valence-electron chi connectivity index (χ1n) is 11.6. The van der Waals surface area contributed by atoms with Gasteiger partial charge in [-0.3, -0.25) is 9.59 Å². The van der Waals surface area contributed by atoms with E-state index in [2.05, 4.69) is 25.4 Å². The molecule has 3 fully saturated rings. The highest BCUT2D eigenvalue weighted by atomic mass is 16.2. The molecule has 164 valence electrons. The summed E-state index contributed by atoms with van der Waals surface area (Å²) < 4.78 is 0. The van der Waals surface area contributed by atoms with Gasteiger partial charge in [-0.2, -0.15) is 5.10 Å². The molecular formula is C25H27N5O2. The van der Waals surface area contributed by atoms with Crippen LogP contribution in [0, 0.1) is 5.41 Å². The predicted molar refractivity (Wildman–Crippen MR) is 123 cm³/mol. The van der Waals surface area contributed by atoms with E-state index in [4.69, 9.17) is 0 Å². The number of hydrogen-bond donors (Lipinski definition) is 2.